The third kappa shape index (κ3) is 5.74. The Morgan fingerprint density at radius 3 is 2.44 bits per heavy atom. The lowest BCUT2D eigenvalue weighted by Gasteiger charge is -2.23. The molecule has 2 aromatic carbocycles. The molecular weight excluding hydrogens is 355 g/mol. The molecule has 0 amide bonds. The van der Waals surface area contributed by atoms with Gasteiger partial charge in [0, 0.05) is 5.56 Å². The first kappa shape index (κ1) is 19.3. The Morgan fingerprint density at radius 2 is 1.67 bits per heavy atom. The van der Waals surface area contributed by atoms with Gasteiger partial charge < -0.3 is 9.57 Å². The molecular formula is C21H22F3NO2. The molecule has 1 aliphatic rings. The zero-order valence-corrected chi connectivity index (χ0v) is 14.9. The molecule has 1 saturated carbocycles. The molecule has 3 rings (SSSR count). The number of benzene rings is 2. The highest BCUT2D eigenvalue weighted by Gasteiger charge is 2.32. The average Bonchev–Trinajstić information content (AvgIpc) is 2.66. The summed E-state index contributed by atoms with van der Waals surface area (Å²) < 4.78 is 41.4. The van der Waals surface area contributed by atoms with Crippen LogP contribution in [0.5, 0.6) is 5.75 Å². The van der Waals surface area contributed by atoms with Crippen LogP contribution in [0.15, 0.2) is 53.7 Å². The topological polar surface area (TPSA) is 30.8 Å². The van der Waals surface area contributed by atoms with Gasteiger partial charge in [0.25, 0.3) is 0 Å². The molecule has 0 aromatic heterocycles. The van der Waals surface area contributed by atoms with Crippen LogP contribution in [0.1, 0.15) is 54.7 Å². The third-order valence-electron chi connectivity index (χ3n) is 4.73. The third-order valence-corrected chi connectivity index (χ3v) is 4.73. The van der Waals surface area contributed by atoms with Gasteiger partial charge in [-0.15, -0.1) is 13.2 Å². The van der Waals surface area contributed by atoms with Crippen molar-refractivity contribution in [2.24, 2.45) is 5.16 Å². The second kappa shape index (κ2) is 8.93. The molecule has 0 aliphatic heterocycles. The minimum atomic E-state index is -4.74. The molecule has 144 valence electrons. The fraction of sp³-hybridized carbons (Fsp3) is 0.381. The van der Waals surface area contributed by atoms with Crippen molar-refractivity contribution in [3.8, 4) is 5.75 Å². The summed E-state index contributed by atoms with van der Waals surface area (Å²) in [6.07, 6.45) is 3.01. The number of ether oxygens (including phenoxy) is 1. The van der Waals surface area contributed by atoms with Crippen LogP contribution in [0, 0.1) is 0 Å². The maximum Gasteiger partial charge on any atom is 0.573 e. The Bertz CT molecular complexity index is 768. The highest BCUT2D eigenvalue weighted by atomic mass is 19.4. The zero-order chi connectivity index (χ0) is 19.1. The predicted molar refractivity (Wildman–Crippen MR) is 97.8 cm³/mol. The van der Waals surface area contributed by atoms with E-state index in [1.165, 1.54) is 55.9 Å². The molecule has 0 bridgehead atoms. The van der Waals surface area contributed by atoms with Crippen molar-refractivity contribution >= 4 is 6.21 Å². The van der Waals surface area contributed by atoms with Crippen molar-refractivity contribution < 1.29 is 22.7 Å². The van der Waals surface area contributed by atoms with E-state index in [-0.39, 0.29) is 17.9 Å². The van der Waals surface area contributed by atoms with Crippen LogP contribution < -0.4 is 4.74 Å². The van der Waals surface area contributed by atoms with Crippen molar-refractivity contribution in [2.75, 3.05) is 0 Å². The largest absolute Gasteiger partial charge is 0.573 e. The Balaban J connectivity index is 1.64. The Labute approximate surface area is 156 Å². The summed E-state index contributed by atoms with van der Waals surface area (Å²) in [4.78, 5) is 5.24. The lowest BCUT2D eigenvalue weighted by atomic mass is 9.82. The summed E-state index contributed by atoms with van der Waals surface area (Å²) in [6, 6.07) is 14.0. The number of nitrogens with zero attached hydrogens (tertiary/aromatic N) is 1. The quantitative estimate of drug-likeness (QED) is 0.444. The van der Waals surface area contributed by atoms with E-state index in [0.717, 1.165) is 5.56 Å². The minimum Gasteiger partial charge on any atom is -0.405 e. The number of para-hydroxylation sites is 1. The average molecular weight is 377 g/mol. The van der Waals surface area contributed by atoms with Crippen LogP contribution in [0.2, 0.25) is 0 Å². The van der Waals surface area contributed by atoms with E-state index in [4.69, 9.17) is 4.84 Å². The molecule has 0 spiro atoms. The molecule has 6 heteroatoms. The zero-order valence-electron chi connectivity index (χ0n) is 14.9. The number of halogens is 3. The van der Waals surface area contributed by atoms with Gasteiger partial charge in [-0.05, 0) is 36.0 Å². The summed E-state index contributed by atoms with van der Waals surface area (Å²) in [7, 11) is 0. The van der Waals surface area contributed by atoms with E-state index in [1.54, 1.807) is 12.3 Å². The molecule has 0 unspecified atom stereocenters. The fourth-order valence-corrected chi connectivity index (χ4v) is 3.46. The Hall–Kier alpha value is -2.50. The Morgan fingerprint density at radius 1 is 0.963 bits per heavy atom. The predicted octanol–water partition coefficient (Wildman–Crippen LogP) is 6.18. The van der Waals surface area contributed by atoms with E-state index >= 15 is 0 Å². The van der Waals surface area contributed by atoms with Gasteiger partial charge in [-0.3, -0.25) is 0 Å². The summed E-state index contributed by atoms with van der Waals surface area (Å²) in [5, 5.41) is 3.97. The normalized spacial score (nSPS) is 15.8. The van der Waals surface area contributed by atoms with Gasteiger partial charge in [0.1, 0.15) is 12.4 Å². The van der Waals surface area contributed by atoms with E-state index in [1.807, 2.05) is 18.2 Å². The molecule has 0 saturated heterocycles. The summed E-state index contributed by atoms with van der Waals surface area (Å²) in [5.74, 6) is 0.255. The Kier molecular flexibility index (Phi) is 6.37. The second-order valence-corrected chi connectivity index (χ2v) is 6.63. The van der Waals surface area contributed by atoms with Crippen molar-refractivity contribution in [3.05, 3.63) is 65.2 Å². The monoisotopic (exact) mass is 377 g/mol. The van der Waals surface area contributed by atoms with Gasteiger partial charge in [-0.25, -0.2) is 0 Å². The molecule has 0 radical (unpaired) electrons. The fourth-order valence-electron chi connectivity index (χ4n) is 3.46. The number of hydrogen-bond donors (Lipinski definition) is 0. The van der Waals surface area contributed by atoms with Gasteiger partial charge in [-0.2, -0.15) is 0 Å². The van der Waals surface area contributed by atoms with Crippen molar-refractivity contribution in [1.29, 1.82) is 0 Å². The lowest BCUT2D eigenvalue weighted by Crippen LogP contribution is -2.18. The van der Waals surface area contributed by atoms with Crippen molar-refractivity contribution in [3.63, 3.8) is 0 Å². The van der Waals surface area contributed by atoms with Gasteiger partial charge in [0.05, 0.1) is 6.21 Å². The van der Waals surface area contributed by atoms with Crippen molar-refractivity contribution in [1.82, 2.24) is 0 Å². The van der Waals surface area contributed by atoms with Gasteiger partial charge >= 0.3 is 6.36 Å². The van der Waals surface area contributed by atoms with E-state index in [2.05, 4.69) is 16.0 Å². The van der Waals surface area contributed by atoms with Crippen LogP contribution in [0.25, 0.3) is 0 Å². The molecule has 27 heavy (non-hydrogen) atoms. The van der Waals surface area contributed by atoms with Gasteiger partial charge in [0.15, 0.2) is 0 Å². The molecule has 2 aromatic rings. The second-order valence-electron chi connectivity index (χ2n) is 6.63. The van der Waals surface area contributed by atoms with Crippen molar-refractivity contribution in [2.45, 2.75) is 51.0 Å². The molecule has 1 aliphatic carbocycles. The van der Waals surface area contributed by atoms with Crippen LogP contribution in [-0.2, 0) is 11.4 Å². The first-order valence-electron chi connectivity index (χ1n) is 9.11. The van der Waals surface area contributed by atoms with E-state index in [9.17, 15) is 13.2 Å². The van der Waals surface area contributed by atoms with E-state index in [0.29, 0.717) is 5.92 Å². The maximum absolute atomic E-state index is 12.5. The first-order chi connectivity index (χ1) is 13.0. The smallest absolute Gasteiger partial charge is 0.405 e. The van der Waals surface area contributed by atoms with Crippen LogP contribution in [0.4, 0.5) is 13.2 Å². The number of hydrogen-bond acceptors (Lipinski definition) is 3. The number of rotatable bonds is 6. The minimum absolute atomic E-state index is 0.103. The summed E-state index contributed by atoms with van der Waals surface area (Å²) >= 11 is 0. The first-order valence-corrected chi connectivity index (χ1v) is 9.11. The summed E-state index contributed by atoms with van der Waals surface area (Å²) in [5.41, 5.74) is 2.53. The molecule has 0 heterocycles. The standard InChI is InChI=1S/C21H22F3NO2/c22-21(23,24)27-20-13-7-5-11-18(20)15-26-25-14-17-10-4-6-12-19(17)16-8-2-1-3-9-16/h4-7,10-14,16H,1-3,8-9,15H2. The number of alkyl halides is 3. The molecule has 3 nitrogen and oxygen atoms in total. The summed E-state index contributed by atoms with van der Waals surface area (Å²) in [6.45, 7) is -0.103. The van der Waals surface area contributed by atoms with E-state index < -0.39 is 6.36 Å². The lowest BCUT2D eigenvalue weighted by molar-refractivity contribution is -0.275. The van der Waals surface area contributed by atoms with Crippen LogP contribution in [-0.4, -0.2) is 12.6 Å². The molecule has 1 fully saturated rings. The highest BCUT2D eigenvalue weighted by molar-refractivity contribution is 5.81. The van der Waals surface area contributed by atoms with Gasteiger partial charge in [-0.1, -0.05) is 66.9 Å². The number of oxime groups is 1. The SMILES string of the molecule is FC(F)(F)Oc1ccccc1CON=Cc1ccccc1C1CCCCC1. The van der Waals surface area contributed by atoms with Crippen LogP contribution in [0.3, 0.4) is 0 Å². The molecule has 0 N–H and O–H groups in total. The highest BCUT2D eigenvalue weighted by Crippen LogP contribution is 2.34. The van der Waals surface area contributed by atoms with Crippen LogP contribution >= 0.6 is 0 Å². The van der Waals surface area contributed by atoms with Gasteiger partial charge in [0.2, 0.25) is 0 Å². The maximum atomic E-state index is 12.5. The molecule has 0 atom stereocenters.